The molecule has 2 rings (SSSR count). The molecule has 88 valence electrons. The third-order valence-corrected chi connectivity index (χ3v) is 2.36. The van der Waals surface area contributed by atoms with E-state index in [1.807, 2.05) is 0 Å². The van der Waals surface area contributed by atoms with Crippen LogP contribution in [0.4, 0.5) is 5.69 Å². The molecule has 1 saturated carbocycles. The van der Waals surface area contributed by atoms with Gasteiger partial charge in [-0.3, -0.25) is 0 Å². The van der Waals surface area contributed by atoms with E-state index in [9.17, 15) is 0 Å². The van der Waals surface area contributed by atoms with Crippen LogP contribution < -0.4 is 15.2 Å². The summed E-state index contributed by atoms with van der Waals surface area (Å²) in [7, 11) is 0. The normalized spacial score (nSPS) is 14.8. The van der Waals surface area contributed by atoms with Gasteiger partial charge in [-0.2, -0.15) is 4.98 Å². The summed E-state index contributed by atoms with van der Waals surface area (Å²) < 4.78 is 10.7. The second-order valence-electron chi connectivity index (χ2n) is 3.87. The molecule has 1 aromatic heterocycles. The number of nitrogens with two attached hydrogens (primary N) is 1. The van der Waals surface area contributed by atoms with Crippen LogP contribution in [0.15, 0.2) is 12.1 Å². The minimum absolute atomic E-state index is 0.0374. The second kappa shape index (κ2) is 5.03. The number of nitrogens with zero attached hydrogens (tertiary/aromatic N) is 1. The highest BCUT2D eigenvalue weighted by molar-refractivity contribution is 5.49. The molecule has 1 aliphatic carbocycles. The van der Waals surface area contributed by atoms with Crippen molar-refractivity contribution >= 4 is 5.69 Å². The van der Waals surface area contributed by atoms with Crippen LogP contribution in [0.3, 0.4) is 0 Å². The highest BCUT2D eigenvalue weighted by Crippen LogP contribution is 2.30. The van der Waals surface area contributed by atoms with Crippen molar-refractivity contribution in [2.75, 3.05) is 25.6 Å². The first-order chi connectivity index (χ1) is 7.79. The van der Waals surface area contributed by atoms with Gasteiger partial charge < -0.3 is 20.3 Å². The number of hydrogen-bond acceptors (Lipinski definition) is 5. The van der Waals surface area contributed by atoms with Gasteiger partial charge in [0.25, 0.3) is 0 Å². The summed E-state index contributed by atoms with van der Waals surface area (Å²) in [5.74, 6) is 1.50. The first-order valence-electron chi connectivity index (χ1n) is 5.42. The molecule has 1 aliphatic rings. The third-order valence-electron chi connectivity index (χ3n) is 2.36. The van der Waals surface area contributed by atoms with E-state index in [0.717, 1.165) is 0 Å². The van der Waals surface area contributed by atoms with Crippen LogP contribution in [0, 0.1) is 5.92 Å². The van der Waals surface area contributed by atoms with E-state index in [-0.39, 0.29) is 13.2 Å². The van der Waals surface area contributed by atoms with E-state index >= 15 is 0 Å². The van der Waals surface area contributed by atoms with Crippen molar-refractivity contribution in [3.63, 3.8) is 0 Å². The fraction of sp³-hybridized carbons (Fsp3) is 0.545. The maximum Gasteiger partial charge on any atom is 0.240 e. The highest BCUT2D eigenvalue weighted by atomic mass is 16.5. The largest absolute Gasteiger partial charge is 0.476 e. The molecule has 0 radical (unpaired) electrons. The molecular formula is C11H16N2O3. The molecule has 16 heavy (non-hydrogen) atoms. The number of aromatic nitrogens is 1. The molecule has 0 aromatic carbocycles. The molecule has 1 heterocycles. The van der Waals surface area contributed by atoms with Crippen molar-refractivity contribution in [2.24, 2.45) is 5.92 Å². The van der Waals surface area contributed by atoms with Gasteiger partial charge in [-0.1, -0.05) is 0 Å². The third kappa shape index (κ3) is 3.00. The van der Waals surface area contributed by atoms with E-state index in [1.165, 1.54) is 12.8 Å². The zero-order valence-electron chi connectivity index (χ0n) is 9.06. The zero-order valence-corrected chi connectivity index (χ0v) is 9.06. The molecule has 0 spiro atoms. The number of nitrogen functional groups attached to an aromatic ring is 1. The summed E-state index contributed by atoms with van der Waals surface area (Å²) in [5.41, 5.74) is 6.24. The number of rotatable bonds is 6. The summed E-state index contributed by atoms with van der Waals surface area (Å²) in [6.07, 6.45) is 2.45. The Morgan fingerprint density at radius 2 is 2.19 bits per heavy atom. The molecule has 3 N–H and O–H groups in total. The van der Waals surface area contributed by atoms with Crippen LogP contribution in [-0.4, -0.2) is 29.9 Å². The lowest BCUT2D eigenvalue weighted by molar-refractivity contribution is 0.194. The van der Waals surface area contributed by atoms with E-state index in [1.54, 1.807) is 12.1 Å². The summed E-state index contributed by atoms with van der Waals surface area (Å²) in [4.78, 5) is 4.13. The molecule has 1 aromatic rings. The molecule has 5 nitrogen and oxygen atoms in total. The van der Waals surface area contributed by atoms with Crippen molar-refractivity contribution < 1.29 is 14.6 Å². The molecule has 0 bridgehead atoms. The summed E-state index contributed by atoms with van der Waals surface area (Å²) >= 11 is 0. The van der Waals surface area contributed by atoms with Crippen LogP contribution in [0.5, 0.6) is 11.8 Å². The van der Waals surface area contributed by atoms with E-state index < -0.39 is 0 Å². The number of anilines is 1. The van der Waals surface area contributed by atoms with Crippen molar-refractivity contribution in [3.05, 3.63) is 12.1 Å². The van der Waals surface area contributed by atoms with Gasteiger partial charge in [-0.25, -0.2) is 0 Å². The van der Waals surface area contributed by atoms with Crippen LogP contribution >= 0.6 is 0 Å². The zero-order chi connectivity index (χ0) is 11.4. The standard InChI is InChI=1S/C11H16N2O3/c12-9-3-4-10(15-6-5-14)13-11(9)16-7-8-1-2-8/h3-4,8,14H,1-2,5-7,12H2. The van der Waals surface area contributed by atoms with Gasteiger partial charge in [-0.05, 0) is 24.8 Å². The van der Waals surface area contributed by atoms with E-state index in [0.29, 0.717) is 30.0 Å². The Morgan fingerprint density at radius 3 is 2.88 bits per heavy atom. The Balaban J connectivity index is 1.96. The molecule has 1 fully saturated rings. The minimum Gasteiger partial charge on any atom is -0.476 e. The fourth-order valence-corrected chi connectivity index (χ4v) is 1.26. The number of aliphatic hydroxyl groups is 1. The second-order valence-corrected chi connectivity index (χ2v) is 3.87. The lowest BCUT2D eigenvalue weighted by atomic mass is 10.4. The Kier molecular flexibility index (Phi) is 3.46. The van der Waals surface area contributed by atoms with Crippen molar-refractivity contribution in [1.82, 2.24) is 4.98 Å². The molecule has 0 saturated heterocycles. The average Bonchev–Trinajstić information content (AvgIpc) is 3.10. The van der Waals surface area contributed by atoms with Gasteiger partial charge in [0.15, 0.2) is 0 Å². The SMILES string of the molecule is Nc1ccc(OCCO)nc1OCC1CC1. The van der Waals surface area contributed by atoms with Crippen LogP contribution in [-0.2, 0) is 0 Å². The number of ether oxygens (including phenoxy) is 2. The summed E-state index contributed by atoms with van der Waals surface area (Å²) in [6, 6.07) is 3.36. The molecular weight excluding hydrogens is 208 g/mol. The topological polar surface area (TPSA) is 77.6 Å². The number of hydrogen-bond donors (Lipinski definition) is 2. The number of pyridine rings is 1. The van der Waals surface area contributed by atoms with Crippen LogP contribution in [0.1, 0.15) is 12.8 Å². The number of aliphatic hydroxyl groups excluding tert-OH is 1. The Morgan fingerprint density at radius 1 is 1.38 bits per heavy atom. The predicted molar refractivity (Wildman–Crippen MR) is 59.4 cm³/mol. The van der Waals surface area contributed by atoms with Crippen molar-refractivity contribution in [1.29, 1.82) is 0 Å². The average molecular weight is 224 g/mol. The predicted octanol–water partition coefficient (Wildman–Crippen LogP) is 0.824. The van der Waals surface area contributed by atoms with Crippen LogP contribution in [0.2, 0.25) is 0 Å². The minimum atomic E-state index is -0.0374. The maximum absolute atomic E-state index is 8.63. The molecule has 0 unspecified atom stereocenters. The van der Waals surface area contributed by atoms with Crippen molar-refractivity contribution in [3.8, 4) is 11.8 Å². The smallest absolute Gasteiger partial charge is 0.240 e. The van der Waals surface area contributed by atoms with Gasteiger partial charge in [0.2, 0.25) is 11.8 Å². The molecule has 5 heteroatoms. The lowest BCUT2D eigenvalue weighted by Crippen LogP contribution is -2.07. The van der Waals surface area contributed by atoms with E-state index in [2.05, 4.69) is 4.98 Å². The quantitative estimate of drug-likeness (QED) is 0.748. The van der Waals surface area contributed by atoms with E-state index in [4.69, 9.17) is 20.3 Å². The molecule has 0 atom stereocenters. The Labute approximate surface area is 94.2 Å². The first-order valence-corrected chi connectivity index (χ1v) is 5.42. The summed E-state index contributed by atoms with van der Waals surface area (Å²) in [6.45, 7) is 0.851. The Hall–Kier alpha value is -1.49. The fourth-order valence-electron chi connectivity index (χ4n) is 1.26. The summed E-state index contributed by atoms with van der Waals surface area (Å²) in [5, 5.41) is 8.63. The molecule has 0 aliphatic heterocycles. The highest BCUT2D eigenvalue weighted by Gasteiger charge is 2.22. The molecule has 0 amide bonds. The Bertz CT molecular complexity index is 353. The lowest BCUT2D eigenvalue weighted by Gasteiger charge is -2.09. The van der Waals surface area contributed by atoms with Gasteiger partial charge in [0, 0.05) is 6.07 Å². The van der Waals surface area contributed by atoms with Gasteiger partial charge in [0.05, 0.1) is 18.9 Å². The monoisotopic (exact) mass is 224 g/mol. The van der Waals surface area contributed by atoms with Crippen molar-refractivity contribution in [2.45, 2.75) is 12.8 Å². The first kappa shape index (κ1) is 11.0. The van der Waals surface area contributed by atoms with Gasteiger partial charge in [0.1, 0.15) is 6.61 Å². The van der Waals surface area contributed by atoms with Crippen LogP contribution in [0.25, 0.3) is 0 Å². The maximum atomic E-state index is 8.63. The van der Waals surface area contributed by atoms with Gasteiger partial charge >= 0.3 is 0 Å². The van der Waals surface area contributed by atoms with Gasteiger partial charge in [-0.15, -0.1) is 0 Å².